The Labute approximate surface area is 175 Å². The van der Waals surface area contributed by atoms with Gasteiger partial charge in [-0.1, -0.05) is 19.9 Å². The van der Waals surface area contributed by atoms with Crippen LogP contribution in [0.15, 0.2) is 11.6 Å². The fraction of sp³-hybridized carbons (Fsp3) is 0.833. The van der Waals surface area contributed by atoms with Gasteiger partial charge in [0, 0.05) is 31.5 Å². The van der Waals surface area contributed by atoms with Gasteiger partial charge < -0.3 is 14.9 Å². The number of rotatable bonds is 4. The molecular formula is C24H37NO4. The Morgan fingerprint density at radius 1 is 1.31 bits per heavy atom. The van der Waals surface area contributed by atoms with Gasteiger partial charge >= 0.3 is 5.97 Å². The number of nitrogens with zero attached hydrogens (tertiary/aromatic N) is 1. The number of hydrogen-bond donors (Lipinski definition) is 2. The summed E-state index contributed by atoms with van der Waals surface area (Å²) in [5, 5.41) is 21.8. The largest absolute Gasteiger partial charge is 0.457 e. The molecule has 2 bridgehead atoms. The first-order chi connectivity index (χ1) is 13.7. The fourth-order valence-electron chi connectivity index (χ4n) is 6.62. The van der Waals surface area contributed by atoms with Gasteiger partial charge in [-0.15, -0.1) is 0 Å². The van der Waals surface area contributed by atoms with Crippen LogP contribution < -0.4 is 0 Å². The van der Waals surface area contributed by atoms with Gasteiger partial charge in [0.25, 0.3) is 0 Å². The molecule has 0 spiro atoms. The van der Waals surface area contributed by atoms with E-state index in [1.807, 2.05) is 6.92 Å². The van der Waals surface area contributed by atoms with Crippen molar-refractivity contribution >= 4 is 5.97 Å². The van der Waals surface area contributed by atoms with E-state index in [0.29, 0.717) is 23.9 Å². The van der Waals surface area contributed by atoms with Crippen molar-refractivity contribution < 1.29 is 19.7 Å². The molecule has 2 heterocycles. The van der Waals surface area contributed by atoms with Crippen LogP contribution >= 0.6 is 0 Å². The van der Waals surface area contributed by atoms with E-state index in [1.54, 1.807) is 0 Å². The van der Waals surface area contributed by atoms with Gasteiger partial charge in [0.1, 0.15) is 6.10 Å². The number of piperidine rings is 1. The van der Waals surface area contributed by atoms with Gasteiger partial charge in [0.2, 0.25) is 0 Å². The molecule has 3 fully saturated rings. The quantitative estimate of drug-likeness (QED) is 0.558. The van der Waals surface area contributed by atoms with E-state index in [2.05, 4.69) is 31.2 Å². The van der Waals surface area contributed by atoms with E-state index < -0.39 is 11.7 Å². The van der Waals surface area contributed by atoms with Crippen molar-refractivity contribution in [2.24, 2.45) is 23.7 Å². The zero-order valence-corrected chi connectivity index (χ0v) is 18.3. The standard InChI is InChI=1S/C24H37NO4/c1-14-9-22-21(8-5-16(3)24(22,28)12-23(14)29-17(4)26)15(2)13-25-18-6-7-19(25)11-20(27)10-18/h9,15-16,18-23,27-28H,5-8,10-11,13H2,1-4H3/t15-,16-,18?,19?,20?,21+,22-,23-,24-/m1/s1. The van der Waals surface area contributed by atoms with Crippen LogP contribution in [0, 0.1) is 30.1 Å². The van der Waals surface area contributed by atoms with Crippen LogP contribution in [0.2, 0.25) is 0 Å². The molecule has 5 heteroatoms. The number of carbonyl (C=O) groups is 1. The highest BCUT2D eigenvalue weighted by molar-refractivity contribution is 5.66. The summed E-state index contributed by atoms with van der Waals surface area (Å²) in [4.78, 5) is 14.1. The first-order valence-corrected chi connectivity index (χ1v) is 11.5. The Hall–Kier alpha value is -0.910. The van der Waals surface area contributed by atoms with Crippen molar-refractivity contribution in [1.29, 1.82) is 0 Å². The van der Waals surface area contributed by atoms with Gasteiger partial charge in [-0.3, -0.25) is 9.69 Å². The summed E-state index contributed by atoms with van der Waals surface area (Å²) in [6.07, 6.45) is 11.0. The van der Waals surface area contributed by atoms with Crippen molar-refractivity contribution in [2.45, 2.75) is 96.1 Å². The first kappa shape index (κ1) is 21.3. The minimum Gasteiger partial charge on any atom is -0.457 e. The van der Waals surface area contributed by atoms with E-state index in [4.69, 9.17) is 4.74 Å². The minimum atomic E-state index is -1.05. The maximum atomic E-state index is 11.6. The van der Waals surface area contributed by atoms with Crippen LogP contribution in [-0.2, 0) is 9.53 Å². The first-order valence-electron chi connectivity index (χ1n) is 11.5. The maximum absolute atomic E-state index is 11.6. The van der Waals surface area contributed by atoms with Crippen LogP contribution in [0.3, 0.4) is 0 Å². The maximum Gasteiger partial charge on any atom is 0.303 e. The lowest BCUT2D eigenvalue weighted by atomic mass is 9.57. The second kappa shape index (κ2) is 7.97. The third-order valence-corrected chi connectivity index (χ3v) is 8.25. The Balaban J connectivity index is 1.52. The number of hydrogen-bond acceptors (Lipinski definition) is 5. The molecule has 29 heavy (non-hydrogen) atoms. The third kappa shape index (κ3) is 3.90. The zero-order chi connectivity index (χ0) is 20.9. The molecule has 2 unspecified atom stereocenters. The van der Waals surface area contributed by atoms with Crippen LogP contribution in [0.4, 0.5) is 0 Å². The lowest BCUT2D eigenvalue weighted by Gasteiger charge is -2.53. The van der Waals surface area contributed by atoms with E-state index in [9.17, 15) is 15.0 Å². The molecule has 2 radical (unpaired) electrons. The molecule has 0 amide bonds. The molecule has 2 N–H and O–H groups in total. The summed E-state index contributed by atoms with van der Waals surface area (Å²) >= 11 is 0. The molecule has 2 aliphatic heterocycles. The van der Waals surface area contributed by atoms with Gasteiger partial charge in [-0.25, -0.2) is 0 Å². The van der Waals surface area contributed by atoms with Crippen molar-refractivity contribution in [3.05, 3.63) is 18.1 Å². The monoisotopic (exact) mass is 403 g/mol. The van der Waals surface area contributed by atoms with Gasteiger partial charge in [-0.2, -0.15) is 0 Å². The molecular weight excluding hydrogens is 366 g/mol. The average molecular weight is 404 g/mol. The van der Waals surface area contributed by atoms with Gasteiger partial charge in [-0.05, 0) is 68.8 Å². The van der Waals surface area contributed by atoms with Gasteiger partial charge in [0.05, 0.1) is 18.1 Å². The molecule has 2 saturated heterocycles. The molecule has 4 rings (SSSR count). The molecule has 2 aliphatic carbocycles. The molecule has 5 nitrogen and oxygen atoms in total. The topological polar surface area (TPSA) is 70.0 Å². The number of ether oxygens (including phenoxy) is 1. The van der Waals surface area contributed by atoms with Crippen molar-refractivity contribution in [3.63, 3.8) is 0 Å². The molecule has 4 aliphatic rings. The zero-order valence-electron chi connectivity index (χ0n) is 18.3. The summed E-state index contributed by atoms with van der Waals surface area (Å²) in [6.45, 7) is 8.84. The lowest BCUT2D eigenvalue weighted by molar-refractivity contribution is -0.148. The number of fused-ring (bicyclic) bond motifs is 3. The predicted octanol–water partition coefficient (Wildman–Crippen LogP) is 2.98. The van der Waals surface area contributed by atoms with Crippen LogP contribution in [0.25, 0.3) is 0 Å². The average Bonchev–Trinajstić information content (AvgIpc) is 2.87. The van der Waals surface area contributed by atoms with Gasteiger partial charge in [0.15, 0.2) is 0 Å². The van der Waals surface area contributed by atoms with Crippen LogP contribution in [-0.4, -0.2) is 57.5 Å². The second-order valence-corrected chi connectivity index (χ2v) is 10.2. The van der Waals surface area contributed by atoms with E-state index in [-0.39, 0.29) is 23.9 Å². The SMILES string of the molecule is CC(=O)O[C@@H]1[C][C@@]2(O)[C@H](C)CC[C@@H]([C@H](C)CN3C4CCC3CC(O)C4)[C@H]2C=C1C. The molecule has 0 aromatic carbocycles. The number of aliphatic hydroxyl groups is 2. The summed E-state index contributed by atoms with van der Waals surface area (Å²) < 4.78 is 5.42. The summed E-state index contributed by atoms with van der Waals surface area (Å²) in [7, 11) is 0. The normalized spacial score (nSPS) is 46.0. The second-order valence-electron chi connectivity index (χ2n) is 10.2. The Kier molecular flexibility index (Phi) is 5.86. The molecule has 162 valence electrons. The number of esters is 1. The van der Waals surface area contributed by atoms with E-state index >= 15 is 0 Å². The number of aliphatic hydroxyl groups excluding tert-OH is 1. The third-order valence-electron chi connectivity index (χ3n) is 8.25. The highest BCUT2D eigenvalue weighted by Crippen LogP contribution is 2.51. The summed E-state index contributed by atoms with van der Waals surface area (Å²) in [5.41, 5.74) is -0.0734. The van der Waals surface area contributed by atoms with Crippen molar-refractivity contribution in [2.75, 3.05) is 6.54 Å². The molecule has 0 aromatic heterocycles. The summed E-state index contributed by atoms with van der Waals surface area (Å²) in [5.74, 6) is 0.603. The highest BCUT2D eigenvalue weighted by atomic mass is 16.5. The summed E-state index contributed by atoms with van der Waals surface area (Å²) in [6, 6.07) is 1.03. The van der Waals surface area contributed by atoms with Crippen LogP contribution in [0.5, 0.6) is 0 Å². The van der Waals surface area contributed by atoms with Crippen LogP contribution in [0.1, 0.15) is 66.2 Å². The van der Waals surface area contributed by atoms with Crippen molar-refractivity contribution in [3.8, 4) is 0 Å². The highest BCUT2D eigenvalue weighted by Gasteiger charge is 2.54. The fourth-order valence-corrected chi connectivity index (χ4v) is 6.62. The minimum absolute atomic E-state index is 0.0149. The molecule has 0 aromatic rings. The molecule has 1 saturated carbocycles. The Morgan fingerprint density at radius 3 is 2.59 bits per heavy atom. The van der Waals surface area contributed by atoms with Crippen molar-refractivity contribution in [1.82, 2.24) is 4.90 Å². The predicted molar refractivity (Wildman–Crippen MR) is 111 cm³/mol. The lowest BCUT2D eigenvalue weighted by Crippen LogP contribution is -2.57. The Morgan fingerprint density at radius 2 is 1.97 bits per heavy atom. The number of carbonyl (C=O) groups excluding carboxylic acids is 1. The molecule has 8 atom stereocenters. The van der Waals surface area contributed by atoms with E-state index in [1.165, 1.54) is 19.8 Å². The smallest absolute Gasteiger partial charge is 0.303 e. The Bertz CT molecular complexity index is 649. The van der Waals surface area contributed by atoms with E-state index in [0.717, 1.165) is 37.8 Å².